The van der Waals surface area contributed by atoms with E-state index in [0.717, 1.165) is 11.4 Å². The van der Waals surface area contributed by atoms with Gasteiger partial charge in [-0.1, -0.05) is 23.3 Å². The monoisotopic (exact) mass is 291 g/mol. The molecule has 1 aromatic carbocycles. The molecule has 0 aliphatic carbocycles. The van der Waals surface area contributed by atoms with Crippen molar-refractivity contribution < 1.29 is 9.90 Å². The fourth-order valence-electron chi connectivity index (χ4n) is 2.15. The van der Waals surface area contributed by atoms with E-state index in [1.54, 1.807) is 21.3 Å². The molecule has 104 valence electrons. The first-order chi connectivity index (χ1) is 9.77. The summed E-state index contributed by atoms with van der Waals surface area (Å²) in [5, 5.41) is 21.0. The van der Waals surface area contributed by atoms with Gasteiger partial charge in [-0.05, 0) is 22.6 Å². The van der Waals surface area contributed by atoms with Crippen LogP contribution >= 0.6 is 11.8 Å². The topological polar surface area (TPSA) is 84.1 Å². The molecule has 0 radical (unpaired) electrons. The fraction of sp³-hybridized carbons (Fsp3) is 0.333. The van der Waals surface area contributed by atoms with E-state index in [1.807, 2.05) is 30.3 Å². The van der Waals surface area contributed by atoms with Crippen LogP contribution in [0.4, 0.5) is 5.95 Å². The van der Waals surface area contributed by atoms with Crippen molar-refractivity contribution in [2.45, 2.75) is 6.04 Å². The van der Waals surface area contributed by atoms with Gasteiger partial charge in [-0.2, -0.15) is 16.4 Å². The summed E-state index contributed by atoms with van der Waals surface area (Å²) in [6.07, 6.45) is 0. The maximum atomic E-state index is 11.4. The first-order valence-electron chi connectivity index (χ1n) is 6.18. The van der Waals surface area contributed by atoms with E-state index in [2.05, 4.69) is 15.5 Å². The minimum atomic E-state index is -0.847. The van der Waals surface area contributed by atoms with Crippen LogP contribution in [0.5, 0.6) is 0 Å². The molecule has 1 saturated heterocycles. The number of tetrazole rings is 1. The maximum Gasteiger partial charge on any atom is 0.327 e. The highest BCUT2D eigenvalue weighted by molar-refractivity contribution is 7.99. The highest BCUT2D eigenvalue weighted by Gasteiger charge is 2.32. The van der Waals surface area contributed by atoms with E-state index in [0.29, 0.717) is 18.2 Å². The maximum absolute atomic E-state index is 11.4. The van der Waals surface area contributed by atoms with Crippen molar-refractivity contribution in [3.05, 3.63) is 30.3 Å². The van der Waals surface area contributed by atoms with Gasteiger partial charge in [-0.25, -0.2) is 4.79 Å². The quantitative estimate of drug-likeness (QED) is 0.889. The summed E-state index contributed by atoms with van der Waals surface area (Å²) in [5.74, 6) is 1.03. The number of hydrogen-bond donors (Lipinski definition) is 1. The van der Waals surface area contributed by atoms with E-state index in [9.17, 15) is 9.90 Å². The average molecular weight is 291 g/mol. The third kappa shape index (κ3) is 2.34. The Kier molecular flexibility index (Phi) is 3.55. The van der Waals surface area contributed by atoms with Gasteiger partial charge in [0.05, 0.1) is 5.69 Å². The second-order valence-corrected chi connectivity index (χ2v) is 5.50. The minimum Gasteiger partial charge on any atom is -0.480 e. The van der Waals surface area contributed by atoms with E-state index in [1.165, 1.54) is 0 Å². The predicted molar refractivity (Wildman–Crippen MR) is 75.2 cm³/mol. The Morgan fingerprint density at radius 1 is 1.35 bits per heavy atom. The summed E-state index contributed by atoms with van der Waals surface area (Å²) < 4.78 is 1.58. The number of para-hydroxylation sites is 1. The smallest absolute Gasteiger partial charge is 0.327 e. The van der Waals surface area contributed by atoms with Crippen LogP contribution in [0.3, 0.4) is 0 Å². The fourth-order valence-corrected chi connectivity index (χ4v) is 3.18. The molecule has 1 fully saturated rings. The molecule has 7 nitrogen and oxygen atoms in total. The lowest BCUT2D eigenvalue weighted by Crippen LogP contribution is -2.48. The zero-order valence-corrected chi connectivity index (χ0v) is 11.4. The molecule has 0 saturated carbocycles. The summed E-state index contributed by atoms with van der Waals surface area (Å²) in [5.41, 5.74) is 0.815. The van der Waals surface area contributed by atoms with Crippen LogP contribution in [0.25, 0.3) is 5.69 Å². The number of hydrogen-bond acceptors (Lipinski definition) is 6. The van der Waals surface area contributed by atoms with Gasteiger partial charge in [-0.15, -0.1) is 0 Å². The van der Waals surface area contributed by atoms with Crippen LogP contribution in [0.2, 0.25) is 0 Å². The Bertz CT molecular complexity index is 603. The summed E-state index contributed by atoms with van der Waals surface area (Å²) in [6, 6.07) is 8.86. The van der Waals surface area contributed by atoms with Crippen LogP contribution in [0.15, 0.2) is 30.3 Å². The molecular weight excluding hydrogens is 278 g/mol. The Balaban J connectivity index is 1.98. The number of aromatic nitrogens is 4. The Morgan fingerprint density at radius 3 is 2.90 bits per heavy atom. The number of rotatable bonds is 3. The molecule has 1 aliphatic heterocycles. The highest BCUT2D eigenvalue weighted by atomic mass is 32.2. The molecule has 20 heavy (non-hydrogen) atoms. The van der Waals surface area contributed by atoms with Crippen LogP contribution in [0, 0.1) is 0 Å². The molecule has 0 amide bonds. The highest BCUT2D eigenvalue weighted by Crippen LogP contribution is 2.23. The zero-order chi connectivity index (χ0) is 13.9. The molecule has 2 aromatic rings. The van der Waals surface area contributed by atoms with E-state index in [-0.39, 0.29) is 0 Å². The number of anilines is 1. The molecule has 0 spiro atoms. The lowest BCUT2D eigenvalue weighted by atomic mass is 10.3. The summed E-state index contributed by atoms with van der Waals surface area (Å²) in [4.78, 5) is 13.1. The van der Waals surface area contributed by atoms with E-state index < -0.39 is 12.0 Å². The second kappa shape index (κ2) is 5.49. The number of thioether (sulfide) groups is 1. The first kappa shape index (κ1) is 12.9. The van der Waals surface area contributed by atoms with Crippen molar-refractivity contribution >= 4 is 23.7 Å². The molecule has 1 atom stereocenters. The van der Waals surface area contributed by atoms with Gasteiger partial charge < -0.3 is 10.0 Å². The Labute approximate surface area is 119 Å². The molecule has 8 heteroatoms. The normalized spacial score (nSPS) is 19.0. The van der Waals surface area contributed by atoms with Gasteiger partial charge in [0.2, 0.25) is 0 Å². The lowest BCUT2D eigenvalue weighted by molar-refractivity contribution is -0.138. The number of carboxylic acids is 1. The van der Waals surface area contributed by atoms with Crippen LogP contribution in [-0.2, 0) is 4.79 Å². The SMILES string of the molecule is O=C(O)C1CSCCN1c1nnnn1-c1ccccc1. The first-order valence-corrected chi connectivity index (χ1v) is 7.34. The minimum absolute atomic E-state index is 0.476. The van der Waals surface area contributed by atoms with Gasteiger partial charge in [0.15, 0.2) is 0 Å². The molecule has 0 bridgehead atoms. The third-order valence-corrected chi connectivity index (χ3v) is 4.15. The number of benzene rings is 1. The van der Waals surface area contributed by atoms with Crippen molar-refractivity contribution in [2.24, 2.45) is 0 Å². The van der Waals surface area contributed by atoms with Crippen molar-refractivity contribution in [1.82, 2.24) is 20.2 Å². The molecular formula is C12H13N5O2S. The number of carbonyl (C=O) groups is 1. The lowest BCUT2D eigenvalue weighted by Gasteiger charge is -2.32. The summed E-state index contributed by atoms with van der Waals surface area (Å²) >= 11 is 1.63. The van der Waals surface area contributed by atoms with E-state index in [4.69, 9.17) is 0 Å². The van der Waals surface area contributed by atoms with Crippen LogP contribution in [0.1, 0.15) is 0 Å². The number of aliphatic carboxylic acids is 1. The number of carboxylic acid groups (broad SMARTS) is 1. The van der Waals surface area contributed by atoms with Gasteiger partial charge in [0.25, 0.3) is 5.95 Å². The summed E-state index contributed by atoms with van der Waals surface area (Å²) in [6.45, 7) is 0.620. The van der Waals surface area contributed by atoms with Gasteiger partial charge >= 0.3 is 5.97 Å². The second-order valence-electron chi connectivity index (χ2n) is 4.35. The van der Waals surface area contributed by atoms with Crippen molar-refractivity contribution in [3.8, 4) is 5.69 Å². The van der Waals surface area contributed by atoms with Crippen molar-refractivity contribution in [1.29, 1.82) is 0 Å². The van der Waals surface area contributed by atoms with E-state index >= 15 is 0 Å². The Morgan fingerprint density at radius 2 is 2.15 bits per heavy atom. The van der Waals surface area contributed by atoms with Gasteiger partial charge in [0.1, 0.15) is 6.04 Å². The van der Waals surface area contributed by atoms with Crippen molar-refractivity contribution in [3.63, 3.8) is 0 Å². The molecule has 1 aliphatic rings. The predicted octanol–water partition coefficient (Wildman–Crippen LogP) is 0.669. The Hall–Kier alpha value is -2.09. The van der Waals surface area contributed by atoms with Crippen LogP contribution in [-0.4, -0.2) is 55.4 Å². The third-order valence-electron chi connectivity index (χ3n) is 3.12. The average Bonchev–Trinajstić information content (AvgIpc) is 2.97. The number of nitrogens with zero attached hydrogens (tertiary/aromatic N) is 5. The van der Waals surface area contributed by atoms with Gasteiger partial charge in [-0.3, -0.25) is 0 Å². The summed E-state index contributed by atoms with van der Waals surface area (Å²) in [7, 11) is 0. The molecule has 2 heterocycles. The van der Waals surface area contributed by atoms with Crippen LogP contribution < -0.4 is 4.90 Å². The largest absolute Gasteiger partial charge is 0.480 e. The molecule has 1 N–H and O–H groups in total. The zero-order valence-electron chi connectivity index (χ0n) is 10.6. The standard InChI is InChI=1S/C12H13N5O2S/c18-11(19)10-8-20-7-6-16(10)12-13-14-15-17(12)9-4-2-1-3-5-9/h1-5,10H,6-8H2,(H,18,19). The van der Waals surface area contributed by atoms with Crippen molar-refractivity contribution in [2.75, 3.05) is 23.0 Å². The molecule has 1 aromatic heterocycles. The molecule has 1 unspecified atom stereocenters. The van der Waals surface area contributed by atoms with Gasteiger partial charge in [0, 0.05) is 18.1 Å². The molecule has 3 rings (SSSR count).